The first-order valence-electron chi connectivity index (χ1n) is 9.65. The normalized spacial score (nSPS) is 30.8. The third kappa shape index (κ3) is 3.00. The number of hydrogen-bond acceptors (Lipinski definition) is 4. The van der Waals surface area contributed by atoms with Crippen LogP contribution in [0.4, 0.5) is 0 Å². The van der Waals surface area contributed by atoms with Gasteiger partial charge in [-0.2, -0.15) is 0 Å². The van der Waals surface area contributed by atoms with Gasteiger partial charge in [-0.05, 0) is 18.9 Å². The van der Waals surface area contributed by atoms with Gasteiger partial charge in [0.05, 0.1) is 24.5 Å². The lowest BCUT2D eigenvalue weighted by atomic mass is 9.77. The fraction of sp³-hybridized carbons (Fsp3) is 0.550. The molecule has 2 amide bonds. The van der Waals surface area contributed by atoms with E-state index in [1.807, 2.05) is 30.0 Å². The van der Waals surface area contributed by atoms with Gasteiger partial charge >= 0.3 is 0 Å². The van der Waals surface area contributed by atoms with Gasteiger partial charge in [-0.1, -0.05) is 25.1 Å². The van der Waals surface area contributed by atoms with Crippen molar-refractivity contribution in [2.75, 3.05) is 19.6 Å². The number of aryl methyl sites for hydroxylation is 1. The Morgan fingerprint density at radius 3 is 2.96 bits per heavy atom. The van der Waals surface area contributed by atoms with Crippen LogP contribution in [0.15, 0.2) is 41.3 Å². The van der Waals surface area contributed by atoms with E-state index >= 15 is 0 Å². The average molecular weight is 371 g/mol. The number of ether oxygens (including phenoxy) is 1. The van der Waals surface area contributed by atoms with Crippen LogP contribution in [0.1, 0.15) is 19.8 Å². The molecule has 1 aromatic rings. The smallest absolute Gasteiger partial charge is 0.250 e. The molecule has 1 spiro atoms. The van der Waals surface area contributed by atoms with Gasteiger partial charge in [0.25, 0.3) is 0 Å². The van der Waals surface area contributed by atoms with Gasteiger partial charge in [0, 0.05) is 31.9 Å². The molecule has 0 radical (unpaired) electrons. The Bertz CT molecular complexity index is 833. The predicted molar refractivity (Wildman–Crippen MR) is 98.9 cm³/mol. The summed E-state index contributed by atoms with van der Waals surface area (Å²) in [5, 5.41) is 2.94. The third-order valence-electron chi connectivity index (χ3n) is 5.75. The second-order valence-corrected chi connectivity index (χ2v) is 7.54. The summed E-state index contributed by atoms with van der Waals surface area (Å²) in [7, 11) is 0. The van der Waals surface area contributed by atoms with Crippen molar-refractivity contribution in [1.82, 2.24) is 14.8 Å². The zero-order valence-corrected chi connectivity index (χ0v) is 15.5. The van der Waals surface area contributed by atoms with E-state index < -0.39 is 17.4 Å². The molecule has 3 aliphatic rings. The summed E-state index contributed by atoms with van der Waals surface area (Å²) in [6.07, 6.45) is 6.85. The first kappa shape index (κ1) is 18.0. The fourth-order valence-electron chi connectivity index (χ4n) is 4.56. The van der Waals surface area contributed by atoms with E-state index in [0.717, 1.165) is 6.42 Å². The lowest BCUT2D eigenvalue weighted by molar-refractivity contribution is -0.137. The van der Waals surface area contributed by atoms with Gasteiger partial charge in [0.15, 0.2) is 0 Å². The molecule has 0 unspecified atom stereocenters. The monoisotopic (exact) mass is 371 g/mol. The van der Waals surface area contributed by atoms with Crippen LogP contribution in [-0.2, 0) is 20.9 Å². The van der Waals surface area contributed by atoms with E-state index in [9.17, 15) is 14.4 Å². The number of carbonyl (C=O) groups excluding carboxylic acids is 2. The lowest BCUT2D eigenvalue weighted by Crippen LogP contribution is -2.44. The van der Waals surface area contributed by atoms with E-state index in [1.54, 1.807) is 16.8 Å². The van der Waals surface area contributed by atoms with Crippen LogP contribution in [-0.4, -0.2) is 52.6 Å². The van der Waals surface area contributed by atoms with Crippen molar-refractivity contribution < 1.29 is 14.3 Å². The van der Waals surface area contributed by atoms with Crippen LogP contribution in [0.2, 0.25) is 0 Å². The van der Waals surface area contributed by atoms with Crippen molar-refractivity contribution in [3.05, 3.63) is 46.9 Å². The number of pyridine rings is 1. The Hall–Kier alpha value is -2.41. The molecule has 4 atom stereocenters. The van der Waals surface area contributed by atoms with Crippen LogP contribution < -0.4 is 10.9 Å². The topological polar surface area (TPSA) is 80.6 Å². The number of carbonyl (C=O) groups is 2. The highest BCUT2D eigenvalue weighted by Crippen LogP contribution is 2.51. The van der Waals surface area contributed by atoms with Crippen LogP contribution in [0.5, 0.6) is 0 Å². The molecule has 7 nitrogen and oxygen atoms in total. The number of fused-ring (bicyclic) bond motifs is 1. The van der Waals surface area contributed by atoms with Gasteiger partial charge in [0.1, 0.15) is 5.60 Å². The van der Waals surface area contributed by atoms with E-state index in [4.69, 9.17) is 4.74 Å². The SMILES string of the molecule is CCCN1C[C@]23C=C[C@H](O2)[C@H](C(=O)NCCCn2ccccc2=O)[C@@H]3C1=O. The second kappa shape index (κ2) is 6.96. The minimum absolute atomic E-state index is 0.0275. The maximum absolute atomic E-state index is 12.8. The summed E-state index contributed by atoms with van der Waals surface area (Å²) < 4.78 is 7.69. The van der Waals surface area contributed by atoms with Crippen LogP contribution >= 0.6 is 0 Å². The summed E-state index contributed by atoms with van der Waals surface area (Å²) in [5.41, 5.74) is -0.680. The van der Waals surface area contributed by atoms with Crippen molar-refractivity contribution in [2.24, 2.45) is 11.8 Å². The molecule has 0 saturated carbocycles. The first-order chi connectivity index (χ1) is 13.1. The van der Waals surface area contributed by atoms with E-state index in [1.165, 1.54) is 6.07 Å². The Balaban J connectivity index is 1.37. The number of likely N-dealkylation sites (tertiary alicyclic amines) is 1. The molecular weight excluding hydrogens is 346 g/mol. The van der Waals surface area contributed by atoms with Gasteiger partial charge in [-0.3, -0.25) is 14.4 Å². The minimum atomic E-state index is -0.629. The second-order valence-electron chi connectivity index (χ2n) is 7.54. The van der Waals surface area contributed by atoms with Gasteiger partial charge in [-0.25, -0.2) is 0 Å². The van der Waals surface area contributed by atoms with E-state index in [-0.39, 0.29) is 23.5 Å². The standard InChI is InChI=1S/C20H25N3O4/c1-2-10-23-13-20-8-7-14(27-20)16(17(20)19(23)26)18(25)21-9-5-12-22-11-4-3-6-15(22)24/h3-4,6-8,11,14,16-17H,2,5,9-10,12-13H2,1H3,(H,21,25)/t14-,16-,17+,20-/m0/s1. The van der Waals surface area contributed by atoms with E-state index in [2.05, 4.69) is 5.32 Å². The number of amides is 2. The third-order valence-corrected chi connectivity index (χ3v) is 5.75. The zero-order valence-electron chi connectivity index (χ0n) is 15.5. The number of hydrogen-bond donors (Lipinski definition) is 1. The molecule has 144 valence electrons. The van der Waals surface area contributed by atoms with Crippen molar-refractivity contribution in [2.45, 2.75) is 38.0 Å². The summed E-state index contributed by atoms with van der Waals surface area (Å²) in [6, 6.07) is 5.04. The van der Waals surface area contributed by atoms with Crippen LogP contribution in [0, 0.1) is 11.8 Å². The van der Waals surface area contributed by atoms with Gasteiger partial charge in [-0.15, -0.1) is 0 Å². The minimum Gasteiger partial charge on any atom is -0.360 e. The average Bonchev–Trinajstić information content (AvgIpc) is 3.29. The quantitative estimate of drug-likeness (QED) is 0.561. The molecular formula is C20H25N3O4. The molecule has 3 aliphatic heterocycles. The summed E-state index contributed by atoms with van der Waals surface area (Å²) in [4.78, 5) is 39.1. The molecule has 4 heterocycles. The summed E-state index contributed by atoms with van der Waals surface area (Å²) in [5.74, 6) is -0.998. The zero-order chi connectivity index (χ0) is 19.0. The predicted octanol–water partition coefficient (Wildman–Crippen LogP) is 0.547. The summed E-state index contributed by atoms with van der Waals surface area (Å²) in [6.45, 7) is 4.27. The van der Waals surface area contributed by atoms with E-state index in [0.29, 0.717) is 32.6 Å². The van der Waals surface area contributed by atoms with Crippen LogP contribution in [0.25, 0.3) is 0 Å². The number of nitrogens with one attached hydrogen (secondary N) is 1. The summed E-state index contributed by atoms with van der Waals surface area (Å²) >= 11 is 0. The Morgan fingerprint density at radius 2 is 2.19 bits per heavy atom. The maximum atomic E-state index is 12.8. The van der Waals surface area contributed by atoms with Gasteiger partial charge in [0.2, 0.25) is 17.4 Å². The number of rotatable bonds is 7. The van der Waals surface area contributed by atoms with Crippen molar-refractivity contribution >= 4 is 11.8 Å². The number of nitrogens with zero attached hydrogens (tertiary/aromatic N) is 2. The highest BCUT2D eigenvalue weighted by Gasteiger charge is 2.66. The maximum Gasteiger partial charge on any atom is 0.250 e. The number of aromatic nitrogens is 1. The highest BCUT2D eigenvalue weighted by atomic mass is 16.5. The molecule has 4 rings (SSSR count). The molecule has 27 heavy (non-hydrogen) atoms. The molecule has 0 aromatic carbocycles. The molecule has 1 N–H and O–H groups in total. The lowest BCUT2D eigenvalue weighted by Gasteiger charge is -2.23. The van der Waals surface area contributed by atoms with Gasteiger partial charge < -0.3 is 19.5 Å². The fourth-order valence-corrected chi connectivity index (χ4v) is 4.56. The van der Waals surface area contributed by atoms with Crippen molar-refractivity contribution in [1.29, 1.82) is 0 Å². The molecule has 7 heteroatoms. The molecule has 0 aliphatic carbocycles. The molecule has 2 fully saturated rings. The molecule has 2 saturated heterocycles. The molecule has 2 bridgehead atoms. The Morgan fingerprint density at radius 1 is 1.33 bits per heavy atom. The highest BCUT2D eigenvalue weighted by molar-refractivity contribution is 5.93. The first-order valence-corrected chi connectivity index (χ1v) is 9.65. The van der Waals surface area contributed by atoms with Crippen molar-refractivity contribution in [3.63, 3.8) is 0 Å². The van der Waals surface area contributed by atoms with Crippen LogP contribution in [0.3, 0.4) is 0 Å². The Labute approximate surface area is 158 Å². The molecule has 1 aromatic heterocycles. The Kier molecular flexibility index (Phi) is 4.63. The largest absolute Gasteiger partial charge is 0.360 e. The van der Waals surface area contributed by atoms with Crippen molar-refractivity contribution in [3.8, 4) is 0 Å².